The van der Waals surface area contributed by atoms with E-state index in [1.54, 1.807) is 17.9 Å². The van der Waals surface area contributed by atoms with Crippen LogP contribution in [0.15, 0.2) is 36.4 Å². The summed E-state index contributed by atoms with van der Waals surface area (Å²) in [6.07, 6.45) is -2.80. The summed E-state index contributed by atoms with van der Waals surface area (Å²) in [5.41, 5.74) is 7.07. The van der Waals surface area contributed by atoms with E-state index in [-0.39, 0.29) is 35.6 Å². The smallest absolute Gasteiger partial charge is 0.280 e. The van der Waals surface area contributed by atoms with Crippen LogP contribution in [-0.2, 0) is 4.79 Å². The topological polar surface area (TPSA) is 94.2 Å². The van der Waals surface area contributed by atoms with Gasteiger partial charge in [0, 0.05) is 24.3 Å². The number of carbonyl (C=O) groups is 1. The fourth-order valence-corrected chi connectivity index (χ4v) is 3.39. The lowest BCUT2D eigenvalue weighted by molar-refractivity contribution is -0.133. The lowest BCUT2D eigenvalue weighted by atomic mass is 9.99. The first kappa shape index (κ1) is 24.0. The van der Waals surface area contributed by atoms with E-state index in [1.807, 2.05) is 13.8 Å². The molecule has 33 heavy (non-hydrogen) atoms. The zero-order valence-corrected chi connectivity index (χ0v) is 18.5. The molecular weight excluding hydrogens is 435 g/mol. The summed E-state index contributed by atoms with van der Waals surface area (Å²) >= 11 is 0. The molecule has 0 bridgehead atoms. The van der Waals surface area contributed by atoms with Gasteiger partial charge in [0.05, 0.1) is 11.3 Å². The summed E-state index contributed by atoms with van der Waals surface area (Å²) in [7, 11) is 0. The number of alkyl halides is 2. The van der Waals surface area contributed by atoms with Gasteiger partial charge in [-0.2, -0.15) is 4.98 Å². The third kappa shape index (κ3) is 5.57. The van der Waals surface area contributed by atoms with Crippen molar-refractivity contribution in [3.63, 3.8) is 0 Å². The zero-order valence-electron chi connectivity index (χ0n) is 18.5. The zero-order chi connectivity index (χ0) is 24.1. The maximum absolute atomic E-state index is 13.5. The number of nitrogens with two attached hydrogens (primary N) is 1. The molecule has 0 aliphatic rings. The average Bonchev–Trinajstić information content (AvgIpc) is 2.78. The second-order valence-corrected chi connectivity index (χ2v) is 7.19. The van der Waals surface area contributed by atoms with Crippen LogP contribution in [0.4, 0.5) is 19.1 Å². The summed E-state index contributed by atoms with van der Waals surface area (Å²) in [6, 6.07) is 8.22. The molecule has 0 spiro atoms. The molecule has 0 unspecified atom stereocenters. The lowest BCUT2D eigenvalue weighted by Gasteiger charge is -2.20. The SMILES string of the molecule is CCN(CC)C(=O)COc1nc(N)nc(-c2ccc(F)cc2)c1-c1cc(C)nc(C(F)F)c1. The number of carbonyl (C=O) groups excluding carboxylic acids is 1. The quantitative estimate of drug-likeness (QED) is 0.536. The van der Waals surface area contributed by atoms with Gasteiger partial charge in [-0.25, -0.2) is 18.2 Å². The van der Waals surface area contributed by atoms with E-state index in [4.69, 9.17) is 10.5 Å². The number of hydrogen-bond acceptors (Lipinski definition) is 6. The van der Waals surface area contributed by atoms with Crippen LogP contribution in [-0.4, -0.2) is 45.5 Å². The van der Waals surface area contributed by atoms with Crippen LogP contribution < -0.4 is 10.5 Å². The second kappa shape index (κ2) is 10.3. The number of halogens is 3. The van der Waals surface area contributed by atoms with Crippen LogP contribution in [0.25, 0.3) is 22.4 Å². The van der Waals surface area contributed by atoms with E-state index in [2.05, 4.69) is 15.0 Å². The molecular formula is C23H24F3N5O2. The maximum Gasteiger partial charge on any atom is 0.280 e. The summed E-state index contributed by atoms with van der Waals surface area (Å²) in [5, 5.41) is 0. The van der Waals surface area contributed by atoms with E-state index < -0.39 is 17.9 Å². The van der Waals surface area contributed by atoms with Crippen molar-refractivity contribution >= 4 is 11.9 Å². The normalized spacial score (nSPS) is 11.0. The first-order chi connectivity index (χ1) is 15.7. The molecule has 0 fully saturated rings. The minimum Gasteiger partial charge on any atom is -0.467 e. The number of likely N-dealkylation sites (N-methyl/N-ethyl adjacent to an activating group) is 1. The third-order valence-corrected chi connectivity index (χ3v) is 4.94. The summed E-state index contributed by atoms with van der Waals surface area (Å²) < 4.78 is 46.2. The largest absolute Gasteiger partial charge is 0.467 e. The Labute approximate surface area is 189 Å². The Morgan fingerprint density at radius 3 is 2.33 bits per heavy atom. The van der Waals surface area contributed by atoms with Gasteiger partial charge in [0.25, 0.3) is 12.3 Å². The van der Waals surface area contributed by atoms with Crippen molar-refractivity contribution in [2.75, 3.05) is 25.4 Å². The Morgan fingerprint density at radius 1 is 1.06 bits per heavy atom. The van der Waals surface area contributed by atoms with Gasteiger partial charge in [0.1, 0.15) is 11.5 Å². The van der Waals surface area contributed by atoms with Gasteiger partial charge in [-0.1, -0.05) is 0 Å². The number of amides is 1. The summed E-state index contributed by atoms with van der Waals surface area (Å²) in [6.45, 7) is 5.93. The molecule has 7 nitrogen and oxygen atoms in total. The van der Waals surface area contributed by atoms with E-state index in [1.165, 1.54) is 30.3 Å². The van der Waals surface area contributed by atoms with E-state index >= 15 is 0 Å². The average molecular weight is 459 g/mol. The fraction of sp³-hybridized carbons (Fsp3) is 0.304. The summed E-state index contributed by atoms with van der Waals surface area (Å²) in [5.74, 6) is -0.926. The van der Waals surface area contributed by atoms with Gasteiger partial charge < -0.3 is 15.4 Å². The molecule has 3 rings (SSSR count). The molecule has 0 radical (unpaired) electrons. The van der Waals surface area contributed by atoms with E-state index in [9.17, 15) is 18.0 Å². The highest BCUT2D eigenvalue weighted by molar-refractivity contribution is 5.85. The number of ether oxygens (including phenoxy) is 1. The second-order valence-electron chi connectivity index (χ2n) is 7.19. The van der Waals surface area contributed by atoms with Crippen molar-refractivity contribution in [3.05, 3.63) is 53.6 Å². The van der Waals surface area contributed by atoms with E-state index in [0.717, 1.165) is 0 Å². The van der Waals surface area contributed by atoms with Gasteiger partial charge in [0.15, 0.2) is 6.61 Å². The maximum atomic E-state index is 13.5. The Kier molecular flexibility index (Phi) is 7.47. The number of nitrogen functional groups attached to an aromatic ring is 1. The molecule has 0 aliphatic carbocycles. The minimum atomic E-state index is -2.80. The van der Waals surface area contributed by atoms with Crippen LogP contribution in [0.3, 0.4) is 0 Å². The first-order valence-corrected chi connectivity index (χ1v) is 10.3. The standard InChI is InChI=1S/C23H24F3N5O2/c1-4-31(5-2)18(32)12-33-22-19(15-10-13(3)28-17(11-15)21(25)26)20(29-23(27)30-22)14-6-8-16(24)9-7-14/h6-11,21H,4-5,12H2,1-3H3,(H2,27,29,30). The Bertz CT molecular complexity index is 1140. The third-order valence-electron chi connectivity index (χ3n) is 4.94. The highest BCUT2D eigenvalue weighted by atomic mass is 19.3. The Balaban J connectivity index is 2.19. The van der Waals surface area contributed by atoms with Gasteiger partial charge in [-0.05, 0) is 62.7 Å². The van der Waals surface area contributed by atoms with Crippen molar-refractivity contribution in [1.82, 2.24) is 19.9 Å². The van der Waals surface area contributed by atoms with Crippen LogP contribution in [0.1, 0.15) is 31.7 Å². The van der Waals surface area contributed by atoms with Crippen LogP contribution in [0.5, 0.6) is 5.88 Å². The predicted molar refractivity (Wildman–Crippen MR) is 118 cm³/mol. The molecule has 10 heteroatoms. The molecule has 0 atom stereocenters. The summed E-state index contributed by atoms with van der Waals surface area (Å²) in [4.78, 5) is 26.3. The van der Waals surface area contributed by atoms with Crippen molar-refractivity contribution in [1.29, 1.82) is 0 Å². The molecule has 2 heterocycles. The van der Waals surface area contributed by atoms with Gasteiger partial charge >= 0.3 is 0 Å². The molecule has 0 saturated heterocycles. The number of aromatic nitrogens is 3. The monoisotopic (exact) mass is 459 g/mol. The molecule has 0 aliphatic heterocycles. The number of nitrogens with zero attached hydrogens (tertiary/aromatic N) is 4. The van der Waals surface area contributed by atoms with Crippen LogP contribution >= 0.6 is 0 Å². The molecule has 2 N–H and O–H groups in total. The van der Waals surface area contributed by atoms with Crippen molar-refractivity contribution in [2.45, 2.75) is 27.2 Å². The number of pyridine rings is 1. The number of hydrogen-bond donors (Lipinski definition) is 1. The van der Waals surface area contributed by atoms with E-state index in [0.29, 0.717) is 29.9 Å². The minimum absolute atomic E-state index is 0.0480. The molecule has 1 amide bonds. The van der Waals surface area contributed by atoms with Crippen LogP contribution in [0.2, 0.25) is 0 Å². The lowest BCUT2D eigenvalue weighted by Crippen LogP contribution is -2.34. The molecule has 0 saturated carbocycles. The van der Waals surface area contributed by atoms with Crippen LogP contribution in [0, 0.1) is 12.7 Å². The highest BCUT2D eigenvalue weighted by Gasteiger charge is 2.22. The molecule has 174 valence electrons. The van der Waals surface area contributed by atoms with Gasteiger partial charge in [-0.15, -0.1) is 0 Å². The number of aryl methyl sites for hydroxylation is 1. The predicted octanol–water partition coefficient (Wildman–Crippen LogP) is 4.42. The molecule has 1 aromatic carbocycles. The van der Waals surface area contributed by atoms with Crippen molar-refractivity contribution in [2.24, 2.45) is 0 Å². The molecule has 2 aromatic heterocycles. The number of rotatable bonds is 8. The fourth-order valence-electron chi connectivity index (χ4n) is 3.39. The van der Waals surface area contributed by atoms with Crippen molar-refractivity contribution < 1.29 is 22.7 Å². The first-order valence-electron chi connectivity index (χ1n) is 10.3. The number of anilines is 1. The van der Waals surface area contributed by atoms with Gasteiger partial charge in [0.2, 0.25) is 11.8 Å². The Morgan fingerprint density at radius 2 is 1.73 bits per heavy atom. The highest BCUT2D eigenvalue weighted by Crippen LogP contribution is 2.39. The van der Waals surface area contributed by atoms with Crippen molar-refractivity contribution in [3.8, 4) is 28.3 Å². The number of benzene rings is 1. The Hall–Kier alpha value is -3.69. The molecule has 3 aromatic rings. The van der Waals surface area contributed by atoms with Gasteiger partial charge in [-0.3, -0.25) is 9.78 Å².